The zero-order valence-corrected chi connectivity index (χ0v) is 11.6. The Balaban J connectivity index is 1.65. The third kappa shape index (κ3) is 3.25. The molecule has 0 bridgehead atoms. The standard InChI is InChI=1S/C15H23N3O/c1-19-14-6-9-18(10-7-14)15-12(3-2-8-16-15)11-17-13-4-5-13/h2-3,8,13-14,17H,4-7,9-11H2,1H3. The number of nitrogens with one attached hydrogen (secondary N) is 1. The molecule has 4 nitrogen and oxygen atoms in total. The molecule has 1 aromatic rings. The Labute approximate surface area is 115 Å². The minimum Gasteiger partial charge on any atom is -0.381 e. The van der Waals surface area contributed by atoms with Crippen molar-refractivity contribution >= 4 is 5.82 Å². The summed E-state index contributed by atoms with van der Waals surface area (Å²) in [6, 6.07) is 4.97. The van der Waals surface area contributed by atoms with Gasteiger partial charge in [-0.2, -0.15) is 0 Å². The van der Waals surface area contributed by atoms with Crippen LogP contribution < -0.4 is 10.2 Å². The molecule has 1 saturated carbocycles. The van der Waals surface area contributed by atoms with Crippen molar-refractivity contribution in [3.05, 3.63) is 23.9 Å². The van der Waals surface area contributed by atoms with E-state index in [1.807, 2.05) is 19.4 Å². The number of rotatable bonds is 5. The molecule has 0 atom stereocenters. The lowest BCUT2D eigenvalue weighted by atomic mass is 10.1. The van der Waals surface area contributed by atoms with Gasteiger partial charge in [-0.05, 0) is 31.7 Å². The summed E-state index contributed by atoms with van der Waals surface area (Å²) in [5, 5.41) is 3.58. The van der Waals surface area contributed by atoms with E-state index in [0.29, 0.717) is 6.10 Å². The maximum atomic E-state index is 5.43. The molecule has 2 heterocycles. The van der Waals surface area contributed by atoms with E-state index >= 15 is 0 Å². The van der Waals surface area contributed by atoms with Gasteiger partial charge in [-0.1, -0.05) is 6.07 Å². The molecule has 104 valence electrons. The molecule has 0 spiro atoms. The molecular formula is C15H23N3O. The molecule has 4 heteroatoms. The lowest BCUT2D eigenvalue weighted by Crippen LogP contribution is -2.38. The van der Waals surface area contributed by atoms with Crippen molar-refractivity contribution in [1.29, 1.82) is 0 Å². The third-order valence-electron chi connectivity index (χ3n) is 4.10. The first-order valence-electron chi connectivity index (χ1n) is 7.32. The molecule has 0 radical (unpaired) electrons. The lowest BCUT2D eigenvalue weighted by Gasteiger charge is -2.33. The smallest absolute Gasteiger partial charge is 0.133 e. The van der Waals surface area contributed by atoms with Crippen LogP contribution >= 0.6 is 0 Å². The van der Waals surface area contributed by atoms with Gasteiger partial charge in [-0.25, -0.2) is 4.98 Å². The molecule has 2 aliphatic rings. The number of pyridine rings is 1. The molecule has 0 amide bonds. The average Bonchev–Trinajstić information content (AvgIpc) is 3.30. The number of nitrogens with zero attached hydrogens (tertiary/aromatic N) is 2. The summed E-state index contributed by atoms with van der Waals surface area (Å²) in [7, 11) is 1.81. The Morgan fingerprint density at radius 3 is 2.79 bits per heavy atom. The molecule has 1 N–H and O–H groups in total. The largest absolute Gasteiger partial charge is 0.381 e. The van der Waals surface area contributed by atoms with Crippen molar-refractivity contribution < 1.29 is 4.74 Å². The van der Waals surface area contributed by atoms with Crippen LogP contribution in [0.15, 0.2) is 18.3 Å². The monoisotopic (exact) mass is 261 g/mol. The second kappa shape index (κ2) is 5.88. The summed E-state index contributed by atoms with van der Waals surface area (Å²) in [4.78, 5) is 7.00. The number of hydrogen-bond donors (Lipinski definition) is 1. The minimum absolute atomic E-state index is 0.424. The maximum absolute atomic E-state index is 5.43. The summed E-state index contributed by atoms with van der Waals surface area (Å²) in [5.41, 5.74) is 1.32. The van der Waals surface area contributed by atoms with E-state index in [4.69, 9.17) is 4.74 Å². The van der Waals surface area contributed by atoms with Crippen LogP contribution in [0, 0.1) is 0 Å². The van der Waals surface area contributed by atoms with Crippen LogP contribution in [0.1, 0.15) is 31.2 Å². The summed E-state index contributed by atoms with van der Waals surface area (Å²) in [5.74, 6) is 1.16. The van der Waals surface area contributed by atoms with Gasteiger partial charge in [0.25, 0.3) is 0 Å². The molecule has 2 fully saturated rings. The lowest BCUT2D eigenvalue weighted by molar-refractivity contribution is 0.0817. The van der Waals surface area contributed by atoms with E-state index in [0.717, 1.165) is 44.3 Å². The fraction of sp³-hybridized carbons (Fsp3) is 0.667. The summed E-state index contributed by atoms with van der Waals surface area (Å²) in [6.07, 6.45) is 7.18. The van der Waals surface area contributed by atoms with Crippen molar-refractivity contribution in [3.8, 4) is 0 Å². The number of aromatic nitrogens is 1. The van der Waals surface area contributed by atoms with Gasteiger partial charge in [0.15, 0.2) is 0 Å². The quantitative estimate of drug-likeness (QED) is 0.879. The van der Waals surface area contributed by atoms with Crippen molar-refractivity contribution in [2.75, 3.05) is 25.1 Å². The Morgan fingerprint density at radius 1 is 1.32 bits per heavy atom. The summed E-state index contributed by atoms with van der Waals surface area (Å²) >= 11 is 0. The molecule has 19 heavy (non-hydrogen) atoms. The van der Waals surface area contributed by atoms with Crippen molar-refractivity contribution in [2.45, 2.75) is 44.4 Å². The van der Waals surface area contributed by atoms with Gasteiger partial charge in [0.1, 0.15) is 5.82 Å². The molecular weight excluding hydrogens is 238 g/mol. The van der Waals surface area contributed by atoms with Gasteiger partial charge in [-0.15, -0.1) is 0 Å². The van der Waals surface area contributed by atoms with Crippen LogP contribution in [-0.2, 0) is 11.3 Å². The number of piperidine rings is 1. The maximum Gasteiger partial charge on any atom is 0.133 e. The molecule has 1 saturated heterocycles. The zero-order chi connectivity index (χ0) is 13.1. The first-order valence-corrected chi connectivity index (χ1v) is 7.32. The van der Waals surface area contributed by atoms with Gasteiger partial charge in [0, 0.05) is 44.5 Å². The summed E-state index contributed by atoms with van der Waals surface area (Å²) in [6.45, 7) is 3.04. The Morgan fingerprint density at radius 2 is 2.11 bits per heavy atom. The zero-order valence-electron chi connectivity index (χ0n) is 11.6. The van der Waals surface area contributed by atoms with Crippen LogP contribution in [0.5, 0.6) is 0 Å². The molecule has 1 aliphatic carbocycles. The summed E-state index contributed by atoms with van der Waals surface area (Å²) < 4.78 is 5.43. The molecule has 0 aromatic carbocycles. The Bertz CT molecular complexity index is 412. The van der Waals surface area contributed by atoms with Crippen LogP contribution in [0.25, 0.3) is 0 Å². The Kier molecular flexibility index (Phi) is 3.99. The second-order valence-corrected chi connectivity index (χ2v) is 5.56. The number of anilines is 1. The van der Waals surface area contributed by atoms with Gasteiger partial charge in [0.05, 0.1) is 6.10 Å². The molecule has 3 rings (SSSR count). The first kappa shape index (κ1) is 12.9. The highest BCUT2D eigenvalue weighted by atomic mass is 16.5. The van der Waals surface area contributed by atoms with E-state index in [9.17, 15) is 0 Å². The van der Waals surface area contributed by atoms with Gasteiger partial charge >= 0.3 is 0 Å². The second-order valence-electron chi connectivity index (χ2n) is 5.56. The average molecular weight is 261 g/mol. The van der Waals surface area contributed by atoms with Crippen molar-refractivity contribution in [1.82, 2.24) is 10.3 Å². The molecule has 1 aromatic heterocycles. The third-order valence-corrected chi connectivity index (χ3v) is 4.10. The van der Waals surface area contributed by atoms with E-state index in [-0.39, 0.29) is 0 Å². The topological polar surface area (TPSA) is 37.4 Å². The highest BCUT2D eigenvalue weighted by Crippen LogP contribution is 2.24. The van der Waals surface area contributed by atoms with E-state index in [1.165, 1.54) is 18.4 Å². The van der Waals surface area contributed by atoms with Crippen LogP contribution in [0.4, 0.5) is 5.82 Å². The predicted molar refractivity (Wildman–Crippen MR) is 76.3 cm³/mol. The van der Waals surface area contributed by atoms with Crippen LogP contribution in [-0.4, -0.2) is 37.3 Å². The van der Waals surface area contributed by atoms with Crippen molar-refractivity contribution in [2.24, 2.45) is 0 Å². The highest BCUT2D eigenvalue weighted by Gasteiger charge is 2.23. The van der Waals surface area contributed by atoms with Gasteiger partial charge in [0.2, 0.25) is 0 Å². The number of methoxy groups -OCH3 is 1. The van der Waals surface area contributed by atoms with Crippen LogP contribution in [0.2, 0.25) is 0 Å². The molecule has 0 unspecified atom stereocenters. The first-order chi connectivity index (χ1) is 9.36. The SMILES string of the molecule is COC1CCN(c2ncccc2CNC2CC2)CC1. The van der Waals surface area contributed by atoms with Crippen LogP contribution in [0.3, 0.4) is 0 Å². The minimum atomic E-state index is 0.424. The van der Waals surface area contributed by atoms with Gasteiger partial charge < -0.3 is 15.0 Å². The number of hydrogen-bond acceptors (Lipinski definition) is 4. The fourth-order valence-corrected chi connectivity index (χ4v) is 2.70. The van der Waals surface area contributed by atoms with E-state index in [1.54, 1.807) is 0 Å². The number of ether oxygens (including phenoxy) is 1. The van der Waals surface area contributed by atoms with E-state index in [2.05, 4.69) is 21.3 Å². The normalized spacial score (nSPS) is 20.8. The predicted octanol–water partition coefficient (Wildman–Crippen LogP) is 1.95. The highest BCUT2D eigenvalue weighted by molar-refractivity contribution is 5.47. The molecule has 1 aliphatic heterocycles. The fourth-order valence-electron chi connectivity index (χ4n) is 2.70. The van der Waals surface area contributed by atoms with Crippen molar-refractivity contribution in [3.63, 3.8) is 0 Å². The van der Waals surface area contributed by atoms with Gasteiger partial charge in [-0.3, -0.25) is 0 Å². The Hall–Kier alpha value is -1.13. The van der Waals surface area contributed by atoms with E-state index < -0.39 is 0 Å².